The summed E-state index contributed by atoms with van der Waals surface area (Å²) in [6.45, 7) is 8.11. The van der Waals surface area contributed by atoms with E-state index in [1.165, 1.54) is 0 Å². The Morgan fingerprint density at radius 1 is 0.447 bits per heavy atom. The van der Waals surface area contributed by atoms with Crippen LogP contribution in [0.25, 0.3) is 0 Å². The Morgan fingerprint density at radius 2 is 0.737 bits per heavy atom. The van der Waals surface area contributed by atoms with Gasteiger partial charge in [-0.1, -0.05) is 18.2 Å². The molecular formula is C26H44O12. The van der Waals surface area contributed by atoms with Crippen molar-refractivity contribution in [3.05, 3.63) is 30.3 Å². The quantitative estimate of drug-likeness (QED) is 0.139. The van der Waals surface area contributed by atoms with Crippen LogP contribution in [0.5, 0.6) is 5.75 Å². The molecule has 38 heavy (non-hydrogen) atoms. The number of para-hydroxylation sites is 1. The monoisotopic (exact) mass is 548 g/mol. The van der Waals surface area contributed by atoms with Gasteiger partial charge in [0, 0.05) is 0 Å². The van der Waals surface area contributed by atoms with Gasteiger partial charge in [-0.15, -0.1) is 0 Å². The van der Waals surface area contributed by atoms with Crippen LogP contribution >= 0.6 is 0 Å². The molecule has 1 aromatic rings. The van der Waals surface area contributed by atoms with Gasteiger partial charge in [-0.25, -0.2) is 4.79 Å². The topological polar surface area (TPSA) is 130 Å². The van der Waals surface area contributed by atoms with Crippen LogP contribution in [-0.4, -0.2) is 137 Å². The average molecular weight is 549 g/mol. The fourth-order valence-corrected chi connectivity index (χ4v) is 2.65. The Labute approximate surface area is 225 Å². The summed E-state index contributed by atoms with van der Waals surface area (Å²) < 4.78 is 53.6. The number of carbonyl (C=O) groups is 1. The van der Waals surface area contributed by atoms with E-state index in [0.717, 1.165) is 5.75 Å². The van der Waals surface area contributed by atoms with Gasteiger partial charge < -0.3 is 52.5 Å². The van der Waals surface area contributed by atoms with Crippen LogP contribution in [0.4, 0.5) is 0 Å². The normalized spacial score (nSPS) is 11.2. The highest BCUT2D eigenvalue weighted by atomic mass is 16.6. The first-order chi connectivity index (χ1) is 18.8. The molecule has 0 atom stereocenters. The van der Waals surface area contributed by atoms with E-state index >= 15 is 0 Å². The molecule has 0 amide bonds. The Hall–Kier alpha value is -1.87. The minimum atomic E-state index is -0.994. The lowest BCUT2D eigenvalue weighted by molar-refractivity contribution is -0.142. The molecule has 0 radical (unpaired) electrons. The number of ether oxygens (including phenoxy) is 10. The predicted octanol–water partition coefficient (Wildman–Crippen LogP) is 1.30. The number of hydrogen-bond acceptors (Lipinski definition) is 11. The average Bonchev–Trinajstić information content (AvgIpc) is 2.92. The molecule has 0 heterocycles. The summed E-state index contributed by atoms with van der Waals surface area (Å²) in [5.41, 5.74) is 0. The van der Waals surface area contributed by atoms with Crippen LogP contribution < -0.4 is 4.74 Å². The standard InChI is InChI=1S/C26H44O12/c27-26(28)24-37-21-20-35-17-16-33-13-12-31-9-8-29-6-7-30-10-11-32-14-15-34-18-19-36-22-23-38-25-4-2-1-3-5-25/h1-5H,6-24H2,(H,27,28). The molecule has 0 aromatic heterocycles. The van der Waals surface area contributed by atoms with Gasteiger partial charge >= 0.3 is 5.97 Å². The predicted molar refractivity (Wildman–Crippen MR) is 137 cm³/mol. The molecule has 0 saturated heterocycles. The summed E-state index contributed by atoms with van der Waals surface area (Å²) >= 11 is 0. The lowest BCUT2D eigenvalue weighted by Crippen LogP contribution is -2.15. The van der Waals surface area contributed by atoms with E-state index in [1.54, 1.807) is 0 Å². The van der Waals surface area contributed by atoms with Crippen LogP contribution in [0.2, 0.25) is 0 Å². The fourth-order valence-electron chi connectivity index (χ4n) is 2.65. The molecule has 0 unspecified atom stereocenters. The molecule has 0 aliphatic carbocycles. The van der Waals surface area contributed by atoms with Crippen molar-refractivity contribution in [3.63, 3.8) is 0 Å². The largest absolute Gasteiger partial charge is 0.491 e. The molecular weight excluding hydrogens is 504 g/mol. The molecule has 0 fully saturated rings. The van der Waals surface area contributed by atoms with Crippen molar-refractivity contribution < 1.29 is 57.3 Å². The Bertz CT molecular complexity index is 620. The third kappa shape index (κ3) is 25.8. The summed E-state index contributed by atoms with van der Waals surface area (Å²) in [5.74, 6) is -0.155. The summed E-state index contributed by atoms with van der Waals surface area (Å²) in [5, 5.41) is 8.41. The number of carboxylic acids is 1. The number of benzene rings is 1. The maximum Gasteiger partial charge on any atom is 0.329 e. The Kier molecular flexibility index (Phi) is 25.3. The summed E-state index contributed by atoms with van der Waals surface area (Å²) in [7, 11) is 0. The van der Waals surface area contributed by atoms with E-state index in [-0.39, 0.29) is 13.2 Å². The second kappa shape index (κ2) is 28.1. The Balaban J connectivity index is 1.63. The first-order valence-electron chi connectivity index (χ1n) is 12.9. The smallest absolute Gasteiger partial charge is 0.329 e. The molecule has 12 heteroatoms. The minimum Gasteiger partial charge on any atom is -0.491 e. The van der Waals surface area contributed by atoms with E-state index < -0.39 is 5.97 Å². The Morgan fingerprint density at radius 3 is 1.05 bits per heavy atom. The van der Waals surface area contributed by atoms with Crippen molar-refractivity contribution in [3.8, 4) is 5.75 Å². The number of carboxylic acid groups (broad SMARTS) is 1. The molecule has 12 nitrogen and oxygen atoms in total. The van der Waals surface area contributed by atoms with Gasteiger partial charge in [-0.05, 0) is 12.1 Å². The molecule has 0 aliphatic heterocycles. The summed E-state index contributed by atoms with van der Waals surface area (Å²) in [6, 6.07) is 9.64. The van der Waals surface area contributed by atoms with Crippen LogP contribution in [0.15, 0.2) is 30.3 Å². The van der Waals surface area contributed by atoms with Crippen molar-refractivity contribution in [2.75, 3.05) is 126 Å². The van der Waals surface area contributed by atoms with Crippen LogP contribution in [-0.2, 0) is 47.4 Å². The van der Waals surface area contributed by atoms with Crippen LogP contribution in [0, 0.1) is 0 Å². The third-order valence-electron chi connectivity index (χ3n) is 4.44. The fraction of sp³-hybridized carbons (Fsp3) is 0.731. The van der Waals surface area contributed by atoms with E-state index in [4.69, 9.17) is 52.5 Å². The highest BCUT2D eigenvalue weighted by Crippen LogP contribution is 2.07. The van der Waals surface area contributed by atoms with E-state index in [0.29, 0.717) is 112 Å². The third-order valence-corrected chi connectivity index (χ3v) is 4.44. The van der Waals surface area contributed by atoms with Crippen LogP contribution in [0.3, 0.4) is 0 Å². The maximum absolute atomic E-state index is 10.2. The molecule has 1 N–H and O–H groups in total. The van der Waals surface area contributed by atoms with Crippen molar-refractivity contribution >= 4 is 5.97 Å². The zero-order valence-electron chi connectivity index (χ0n) is 22.3. The lowest BCUT2D eigenvalue weighted by Gasteiger charge is -2.09. The van der Waals surface area contributed by atoms with Crippen molar-refractivity contribution in [2.24, 2.45) is 0 Å². The van der Waals surface area contributed by atoms with Gasteiger partial charge in [0.25, 0.3) is 0 Å². The molecule has 220 valence electrons. The van der Waals surface area contributed by atoms with E-state index in [9.17, 15) is 4.79 Å². The van der Waals surface area contributed by atoms with Gasteiger partial charge in [0.05, 0.1) is 112 Å². The zero-order valence-corrected chi connectivity index (χ0v) is 22.3. The lowest BCUT2D eigenvalue weighted by atomic mass is 10.3. The highest BCUT2D eigenvalue weighted by molar-refractivity contribution is 5.67. The second-order valence-electron chi connectivity index (χ2n) is 7.51. The van der Waals surface area contributed by atoms with Crippen molar-refractivity contribution in [1.82, 2.24) is 0 Å². The van der Waals surface area contributed by atoms with Gasteiger partial charge in [-0.2, -0.15) is 0 Å². The maximum atomic E-state index is 10.2. The SMILES string of the molecule is O=C(O)COCCOCCOCCOCCOCCOCCOCCOCCOCCOc1ccccc1. The van der Waals surface area contributed by atoms with E-state index in [1.807, 2.05) is 30.3 Å². The first-order valence-corrected chi connectivity index (χ1v) is 12.9. The molecule has 1 aromatic carbocycles. The summed E-state index contributed by atoms with van der Waals surface area (Å²) in [4.78, 5) is 10.2. The van der Waals surface area contributed by atoms with Crippen LogP contribution in [0.1, 0.15) is 0 Å². The summed E-state index contributed by atoms with van der Waals surface area (Å²) in [6.07, 6.45) is 0. The highest BCUT2D eigenvalue weighted by Gasteiger charge is 1.97. The number of aliphatic carboxylic acids is 1. The second-order valence-corrected chi connectivity index (χ2v) is 7.51. The van der Waals surface area contributed by atoms with E-state index in [2.05, 4.69) is 0 Å². The van der Waals surface area contributed by atoms with Crippen molar-refractivity contribution in [1.29, 1.82) is 0 Å². The molecule has 0 spiro atoms. The number of hydrogen-bond donors (Lipinski definition) is 1. The first kappa shape index (κ1) is 34.2. The molecule has 0 aliphatic rings. The zero-order chi connectivity index (χ0) is 27.2. The number of rotatable bonds is 30. The molecule has 0 saturated carbocycles. The van der Waals surface area contributed by atoms with Gasteiger partial charge in [0.1, 0.15) is 19.0 Å². The molecule has 1 rings (SSSR count). The van der Waals surface area contributed by atoms with Crippen molar-refractivity contribution in [2.45, 2.75) is 0 Å². The molecule has 0 bridgehead atoms. The van der Waals surface area contributed by atoms with Gasteiger partial charge in [0.15, 0.2) is 0 Å². The van der Waals surface area contributed by atoms with Gasteiger partial charge in [0.2, 0.25) is 0 Å². The minimum absolute atomic E-state index is 0.244. The van der Waals surface area contributed by atoms with Gasteiger partial charge in [-0.3, -0.25) is 0 Å².